The summed E-state index contributed by atoms with van der Waals surface area (Å²) in [5, 5.41) is 18.7. The monoisotopic (exact) mass is 314 g/mol. The Morgan fingerprint density at radius 1 is 1.14 bits per heavy atom. The van der Waals surface area contributed by atoms with Crippen molar-refractivity contribution in [1.29, 1.82) is 0 Å². The number of nitrogens with one attached hydrogen (secondary N) is 1. The number of rotatable bonds is 9. The number of ether oxygens (including phenoxy) is 2. The molecule has 0 saturated heterocycles. The summed E-state index contributed by atoms with van der Waals surface area (Å²) in [6, 6.07) is 6.37. The first-order valence-corrected chi connectivity index (χ1v) is 6.44. The van der Waals surface area contributed by atoms with Crippen LogP contribution in [0, 0.1) is 0 Å². The number of hydrogen-bond acceptors (Lipinski definition) is 8. The summed E-state index contributed by atoms with van der Waals surface area (Å²) in [7, 11) is 0. The van der Waals surface area contributed by atoms with Gasteiger partial charge in [0.15, 0.2) is 0 Å². The third-order valence-corrected chi connectivity index (χ3v) is 2.29. The fourth-order valence-electron chi connectivity index (χ4n) is 1.43. The molecule has 0 aliphatic heterocycles. The molecule has 9 heteroatoms. The molecule has 9 nitrogen and oxygen atoms in total. The van der Waals surface area contributed by atoms with Gasteiger partial charge in [-0.3, -0.25) is 20.0 Å². The van der Waals surface area contributed by atoms with E-state index in [2.05, 4.69) is 10.2 Å². The topological polar surface area (TPSA) is 118 Å². The minimum Gasteiger partial charge on any atom is -0.426 e. The van der Waals surface area contributed by atoms with E-state index in [4.69, 9.17) is 19.9 Å². The Morgan fingerprint density at radius 3 is 2.41 bits per heavy atom. The molecule has 1 aromatic carbocycles. The van der Waals surface area contributed by atoms with Gasteiger partial charge >= 0.3 is 5.97 Å². The van der Waals surface area contributed by atoms with Crippen molar-refractivity contribution >= 4 is 17.6 Å². The van der Waals surface area contributed by atoms with E-state index in [-0.39, 0.29) is 32.1 Å². The second-order valence-corrected chi connectivity index (χ2v) is 4.13. The van der Waals surface area contributed by atoms with Crippen LogP contribution in [-0.4, -0.2) is 47.5 Å². The summed E-state index contributed by atoms with van der Waals surface area (Å²) in [6.45, 7) is 1.55. The lowest BCUT2D eigenvalue weighted by atomic mass is 10.3. The van der Waals surface area contributed by atoms with E-state index in [1.807, 2.05) is 0 Å². The lowest BCUT2D eigenvalue weighted by Gasteiger charge is -2.08. The first-order valence-electron chi connectivity index (χ1n) is 6.44. The van der Waals surface area contributed by atoms with Crippen LogP contribution in [0.5, 0.6) is 5.75 Å². The molecule has 0 heterocycles. The number of hydrogen-bond donors (Lipinski definition) is 3. The molecule has 0 bridgehead atoms. The van der Waals surface area contributed by atoms with Crippen LogP contribution in [-0.2, 0) is 19.2 Å². The van der Waals surface area contributed by atoms with Gasteiger partial charge in [0.25, 0.3) is 0 Å². The summed E-state index contributed by atoms with van der Waals surface area (Å²) < 4.78 is 10.1. The molecule has 0 fully saturated rings. The van der Waals surface area contributed by atoms with Gasteiger partial charge in [-0.25, -0.2) is 4.84 Å². The summed E-state index contributed by atoms with van der Waals surface area (Å²) in [6.07, 6.45) is 0.0371. The minimum atomic E-state index is -0.473. The highest BCUT2D eigenvalue weighted by atomic mass is 17.1. The molecule has 0 saturated carbocycles. The Bertz CT molecular complexity index is 476. The van der Waals surface area contributed by atoms with Crippen LogP contribution in [0.2, 0.25) is 0 Å². The van der Waals surface area contributed by atoms with Crippen molar-refractivity contribution in [3.8, 4) is 5.75 Å². The summed E-state index contributed by atoms with van der Waals surface area (Å²) in [5.41, 5.74) is 0.609. The molecule has 22 heavy (non-hydrogen) atoms. The number of benzene rings is 1. The van der Waals surface area contributed by atoms with Gasteiger partial charge in [0.1, 0.15) is 5.75 Å². The zero-order valence-corrected chi connectivity index (χ0v) is 12.0. The maximum Gasteiger partial charge on any atom is 0.313 e. The highest BCUT2D eigenvalue weighted by Gasteiger charge is 2.05. The third kappa shape index (κ3) is 8.29. The Kier molecular flexibility index (Phi) is 8.04. The van der Waals surface area contributed by atoms with Gasteiger partial charge in [-0.05, 0) is 24.3 Å². The lowest BCUT2D eigenvalue weighted by Crippen LogP contribution is -2.18. The lowest BCUT2D eigenvalue weighted by molar-refractivity contribution is -0.493. The third-order valence-electron chi connectivity index (χ3n) is 2.29. The highest BCUT2D eigenvalue weighted by Crippen LogP contribution is 2.16. The molecule has 0 unspecified atom stereocenters. The quantitative estimate of drug-likeness (QED) is 0.267. The minimum absolute atomic E-state index is 0.0371. The fourth-order valence-corrected chi connectivity index (χ4v) is 1.43. The average molecular weight is 314 g/mol. The van der Waals surface area contributed by atoms with Crippen molar-refractivity contribution in [1.82, 2.24) is 5.39 Å². The molecule has 0 spiro atoms. The molecule has 0 aliphatic rings. The summed E-state index contributed by atoms with van der Waals surface area (Å²) in [5.74, 6) is -0.297. The van der Waals surface area contributed by atoms with E-state index in [0.29, 0.717) is 11.4 Å². The maximum absolute atomic E-state index is 11.5. The Labute approximate surface area is 126 Å². The van der Waals surface area contributed by atoms with Gasteiger partial charge in [0.05, 0.1) is 31.6 Å². The fraction of sp³-hybridized carbons (Fsp3) is 0.385. The molecular weight excluding hydrogens is 296 g/mol. The van der Waals surface area contributed by atoms with Crippen LogP contribution in [0.15, 0.2) is 24.3 Å². The van der Waals surface area contributed by atoms with Crippen LogP contribution in [0.3, 0.4) is 0 Å². The van der Waals surface area contributed by atoms with Crippen molar-refractivity contribution in [2.45, 2.75) is 13.3 Å². The number of esters is 1. The molecule has 1 amide bonds. The SMILES string of the molecule is CC(=O)Nc1ccc(OC(=O)CCOCCON(O)O)cc1. The van der Waals surface area contributed by atoms with Gasteiger partial charge in [0.2, 0.25) is 5.91 Å². The molecule has 0 radical (unpaired) electrons. The van der Waals surface area contributed by atoms with E-state index >= 15 is 0 Å². The average Bonchev–Trinajstić information content (AvgIpc) is 2.44. The van der Waals surface area contributed by atoms with E-state index in [1.54, 1.807) is 24.3 Å². The Balaban J connectivity index is 2.20. The first-order chi connectivity index (χ1) is 10.5. The second-order valence-electron chi connectivity index (χ2n) is 4.13. The number of carbonyl (C=O) groups is 2. The second kappa shape index (κ2) is 9.82. The van der Waals surface area contributed by atoms with Gasteiger partial charge in [0, 0.05) is 12.6 Å². The van der Waals surface area contributed by atoms with Crippen LogP contribution in [0.4, 0.5) is 5.69 Å². The van der Waals surface area contributed by atoms with Crippen LogP contribution in [0.25, 0.3) is 0 Å². The molecule has 0 atom stereocenters. The van der Waals surface area contributed by atoms with Gasteiger partial charge in [-0.15, -0.1) is 0 Å². The molecule has 1 rings (SSSR count). The number of amides is 1. The van der Waals surface area contributed by atoms with E-state index in [9.17, 15) is 9.59 Å². The summed E-state index contributed by atoms with van der Waals surface area (Å²) >= 11 is 0. The van der Waals surface area contributed by atoms with Crippen LogP contribution in [0.1, 0.15) is 13.3 Å². The van der Waals surface area contributed by atoms with Gasteiger partial charge < -0.3 is 14.8 Å². The van der Waals surface area contributed by atoms with Crippen LogP contribution < -0.4 is 10.1 Å². The normalized spacial score (nSPS) is 10.5. The van der Waals surface area contributed by atoms with Crippen molar-refractivity contribution in [2.75, 3.05) is 25.1 Å². The number of nitrogens with zero attached hydrogens (tertiary/aromatic N) is 1. The zero-order valence-electron chi connectivity index (χ0n) is 12.0. The van der Waals surface area contributed by atoms with E-state index in [0.717, 1.165) is 0 Å². The molecule has 0 aliphatic carbocycles. The predicted octanol–water partition coefficient (Wildman–Crippen LogP) is 0.969. The van der Waals surface area contributed by atoms with Crippen molar-refractivity contribution in [2.24, 2.45) is 0 Å². The number of anilines is 1. The molecule has 3 N–H and O–H groups in total. The maximum atomic E-state index is 11.5. The smallest absolute Gasteiger partial charge is 0.313 e. The Hall–Kier alpha value is -2.04. The Morgan fingerprint density at radius 2 is 1.82 bits per heavy atom. The predicted molar refractivity (Wildman–Crippen MR) is 73.2 cm³/mol. The van der Waals surface area contributed by atoms with E-state index < -0.39 is 11.4 Å². The van der Waals surface area contributed by atoms with Crippen LogP contribution >= 0.6 is 0 Å². The molecule has 0 aromatic heterocycles. The molecule has 122 valence electrons. The van der Waals surface area contributed by atoms with Gasteiger partial charge in [-0.2, -0.15) is 0 Å². The van der Waals surface area contributed by atoms with E-state index in [1.165, 1.54) is 6.92 Å². The van der Waals surface area contributed by atoms with Crippen molar-refractivity contribution in [3.05, 3.63) is 24.3 Å². The zero-order chi connectivity index (χ0) is 16.4. The standard InChI is InChI=1S/C13H18N2O7/c1-10(16)14-11-2-4-12(5-3-11)22-13(17)6-7-20-8-9-21-15(18)19/h2-5,18-19H,6-9H2,1H3,(H,14,16). The van der Waals surface area contributed by atoms with Crippen molar-refractivity contribution in [3.63, 3.8) is 0 Å². The summed E-state index contributed by atoms with van der Waals surface area (Å²) in [4.78, 5) is 26.6. The largest absolute Gasteiger partial charge is 0.426 e. The molecular formula is C13H18N2O7. The van der Waals surface area contributed by atoms with Gasteiger partial charge in [-0.1, -0.05) is 0 Å². The first kappa shape index (κ1) is 18.0. The molecule has 1 aromatic rings. The number of carbonyl (C=O) groups excluding carboxylic acids is 2. The van der Waals surface area contributed by atoms with Crippen molar-refractivity contribution < 1.29 is 34.3 Å². The highest BCUT2D eigenvalue weighted by molar-refractivity contribution is 5.88.